The molecule has 2 unspecified atom stereocenters. The lowest BCUT2D eigenvalue weighted by molar-refractivity contribution is -0.240. The summed E-state index contributed by atoms with van der Waals surface area (Å²) in [6.07, 6.45) is -2.46. The Morgan fingerprint density at radius 2 is 1.84 bits per heavy atom. The zero-order valence-electron chi connectivity index (χ0n) is 20.6. The second-order valence-electron chi connectivity index (χ2n) is 9.56. The van der Waals surface area contributed by atoms with Crippen LogP contribution in [-0.4, -0.2) is 76.0 Å². The molecule has 1 aliphatic heterocycles. The van der Waals surface area contributed by atoms with Crippen LogP contribution >= 0.6 is 0 Å². The molecule has 0 aromatic heterocycles. The Hall–Kier alpha value is -3.61. The number of phenols is 2. The fourth-order valence-electron chi connectivity index (χ4n) is 5.36. The molecule has 0 spiro atoms. The number of nitrogens with two attached hydrogens (primary N) is 1. The SMILES string of the molecule is COc1cccc2c1C(=O)c1c(O)c3c(c(O)c1C2=O)C=C(C(=O)CO)C[C@H]3O[C@H]1CC(N)[C@@H](O)C(C)O1. The maximum Gasteiger partial charge on any atom is 0.202 e. The fraction of sp³-hybridized carbons (Fsp3) is 0.370. The highest BCUT2D eigenvalue weighted by molar-refractivity contribution is 6.31. The average molecular weight is 526 g/mol. The molecule has 200 valence electrons. The number of hydrogen-bond acceptors (Lipinski definition) is 11. The van der Waals surface area contributed by atoms with Gasteiger partial charge in [-0.1, -0.05) is 12.1 Å². The second-order valence-corrected chi connectivity index (χ2v) is 9.56. The van der Waals surface area contributed by atoms with Crippen molar-refractivity contribution >= 4 is 23.4 Å². The van der Waals surface area contributed by atoms with Gasteiger partial charge in [-0.05, 0) is 19.1 Å². The Morgan fingerprint density at radius 1 is 1.13 bits per heavy atom. The topological polar surface area (TPSA) is 186 Å². The van der Waals surface area contributed by atoms with Gasteiger partial charge >= 0.3 is 0 Å². The van der Waals surface area contributed by atoms with Crippen LogP contribution in [0.2, 0.25) is 0 Å². The number of aliphatic hydroxyl groups is 2. The molecule has 5 rings (SSSR count). The van der Waals surface area contributed by atoms with Gasteiger partial charge in [0.05, 0.1) is 42.1 Å². The van der Waals surface area contributed by atoms with Crippen molar-refractivity contribution in [3.63, 3.8) is 0 Å². The minimum atomic E-state index is -1.13. The smallest absolute Gasteiger partial charge is 0.202 e. The molecule has 11 heteroatoms. The van der Waals surface area contributed by atoms with Crippen LogP contribution in [0.4, 0.5) is 0 Å². The van der Waals surface area contributed by atoms with Gasteiger partial charge in [-0.3, -0.25) is 14.4 Å². The highest BCUT2D eigenvalue weighted by Crippen LogP contribution is 2.51. The number of aromatic hydroxyl groups is 2. The third-order valence-electron chi connectivity index (χ3n) is 7.31. The minimum Gasteiger partial charge on any atom is -0.507 e. The zero-order chi connectivity index (χ0) is 27.5. The fourth-order valence-corrected chi connectivity index (χ4v) is 5.36. The third-order valence-corrected chi connectivity index (χ3v) is 7.31. The van der Waals surface area contributed by atoms with E-state index >= 15 is 0 Å². The van der Waals surface area contributed by atoms with Crippen LogP contribution in [0, 0.1) is 0 Å². The summed E-state index contributed by atoms with van der Waals surface area (Å²) < 4.78 is 17.1. The Labute approximate surface area is 217 Å². The Morgan fingerprint density at radius 3 is 2.50 bits per heavy atom. The number of rotatable bonds is 5. The van der Waals surface area contributed by atoms with E-state index in [-0.39, 0.29) is 46.4 Å². The predicted octanol–water partition coefficient (Wildman–Crippen LogP) is 1.11. The van der Waals surface area contributed by atoms with E-state index in [0.717, 1.165) is 0 Å². The molecule has 0 bridgehead atoms. The number of fused-ring (bicyclic) bond motifs is 3. The van der Waals surface area contributed by atoms with Crippen LogP contribution in [-0.2, 0) is 14.3 Å². The van der Waals surface area contributed by atoms with Crippen molar-refractivity contribution < 1.29 is 49.0 Å². The Kier molecular flexibility index (Phi) is 6.58. The van der Waals surface area contributed by atoms with Crippen LogP contribution < -0.4 is 10.5 Å². The second kappa shape index (κ2) is 9.61. The number of benzene rings is 2. The van der Waals surface area contributed by atoms with E-state index in [2.05, 4.69) is 0 Å². The van der Waals surface area contributed by atoms with E-state index in [0.29, 0.717) is 0 Å². The van der Waals surface area contributed by atoms with Gasteiger partial charge < -0.3 is 40.4 Å². The van der Waals surface area contributed by atoms with Gasteiger partial charge in [-0.25, -0.2) is 0 Å². The summed E-state index contributed by atoms with van der Waals surface area (Å²) in [7, 11) is 1.34. The van der Waals surface area contributed by atoms with E-state index in [1.54, 1.807) is 6.92 Å². The molecule has 0 saturated carbocycles. The lowest BCUT2D eigenvalue weighted by Crippen LogP contribution is -2.51. The molecule has 1 saturated heterocycles. The lowest BCUT2D eigenvalue weighted by Gasteiger charge is -2.38. The molecule has 2 aromatic carbocycles. The summed E-state index contributed by atoms with van der Waals surface area (Å²) in [6, 6.07) is 3.77. The Bertz CT molecular complexity index is 1380. The van der Waals surface area contributed by atoms with Crippen LogP contribution in [0.25, 0.3) is 6.08 Å². The standard InChI is InChI=1S/C27H27NO10/c1-10-23(31)14(28)8-18(37-10)38-17-7-11(15(30)9-29)6-13-20(17)27(35)22-21(25(13)33)24(32)12-4-3-5-16(36-2)19(12)26(22)34/h3-6,10,14,17-18,23,29,31,33,35H,7-9,28H2,1-2H3/t10?,14?,17-,18+,23+/m1/s1. The number of methoxy groups -OCH3 is 1. The van der Waals surface area contributed by atoms with Crippen molar-refractivity contribution in [1.82, 2.24) is 0 Å². The molecule has 1 heterocycles. The molecule has 11 nitrogen and oxygen atoms in total. The number of hydrogen-bond donors (Lipinski definition) is 5. The molecule has 0 radical (unpaired) electrons. The van der Waals surface area contributed by atoms with Gasteiger partial charge in [0.1, 0.15) is 23.9 Å². The molecule has 5 atom stereocenters. The summed E-state index contributed by atoms with van der Waals surface area (Å²) in [6.45, 7) is 0.800. The lowest BCUT2D eigenvalue weighted by atomic mass is 9.77. The number of Topliss-reactive ketones (excluding diaryl/α,β-unsaturated/α-hetero) is 1. The molecule has 6 N–H and O–H groups in total. The van der Waals surface area contributed by atoms with Crippen molar-refractivity contribution in [2.24, 2.45) is 5.73 Å². The largest absolute Gasteiger partial charge is 0.507 e. The molecule has 2 aliphatic carbocycles. The molecule has 3 aliphatic rings. The maximum absolute atomic E-state index is 13.6. The van der Waals surface area contributed by atoms with Crippen LogP contribution in [0.1, 0.15) is 68.8 Å². The highest BCUT2D eigenvalue weighted by atomic mass is 16.7. The van der Waals surface area contributed by atoms with Crippen LogP contribution in [0.5, 0.6) is 17.2 Å². The summed E-state index contributed by atoms with van der Waals surface area (Å²) in [4.78, 5) is 39.5. The number of ketones is 3. The number of ether oxygens (including phenoxy) is 3. The summed E-state index contributed by atoms with van der Waals surface area (Å²) in [5.41, 5.74) is 5.10. The summed E-state index contributed by atoms with van der Waals surface area (Å²) in [5, 5.41) is 42.3. The molecule has 38 heavy (non-hydrogen) atoms. The van der Waals surface area contributed by atoms with Crippen molar-refractivity contribution in [3.05, 3.63) is 57.2 Å². The van der Waals surface area contributed by atoms with E-state index in [1.807, 2.05) is 0 Å². The summed E-state index contributed by atoms with van der Waals surface area (Å²) in [5.74, 6) is -3.16. The first-order valence-corrected chi connectivity index (χ1v) is 12.1. The van der Waals surface area contributed by atoms with Crippen LogP contribution in [0.3, 0.4) is 0 Å². The van der Waals surface area contributed by atoms with E-state index in [1.165, 1.54) is 31.4 Å². The van der Waals surface area contributed by atoms with Gasteiger partial charge in [0.2, 0.25) is 5.78 Å². The monoisotopic (exact) mass is 525 g/mol. The highest BCUT2D eigenvalue weighted by Gasteiger charge is 2.43. The molecular formula is C27H27NO10. The number of carbonyl (C=O) groups excluding carboxylic acids is 3. The van der Waals surface area contributed by atoms with Gasteiger partial charge in [0, 0.05) is 41.1 Å². The van der Waals surface area contributed by atoms with Crippen molar-refractivity contribution in [3.8, 4) is 17.2 Å². The van der Waals surface area contributed by atoms with Crippen molar-refractivity contribution in [2.45, 2.75) is 50.4 Å². The van der Waals surface area contributed by atoms with E-state index in [4.69, 9.17) is 19.9 Å². The van der Waals surface area contributed by atoms with E-state index in [9.17, 15) is 34.8 Å². The number of carbonyl (C=O) groups is 3. The van der Waals surface area contributed by atoms with Gasteiger partial charge in [0.15, 0.2) is 17.9 Å². The first-order valence-electron chi connectivity index (χ1n) is 12.1. The van der Waals surface area contributed by atoms with Gasteiger partial charge in [0.25, 0.3) is 0 Å². The average Bonchev–Trinajstić information content (AvgIpc) is 2.90. The zero-order valence-corrected chi connectivity index (χ0v) is 20.6. The number of phenolic OH excluding ortho intramolecular Hbond substituents is 2. The van der Waals surface area contributed by atoms with Gasteiger partial charge in [-0.15, -0.1) is 0 Å². The van der Waals surface area contributed by atoms with Crippen LogP contribution in [0.15, 0.2) is 23.8 Å². The maximum atomic E-state index is 13.6. The molecule has 1 fully saturated rings. The first-order chi connectivity index (χ1) is 18.1. The quantitative estimate of drug-likeness (QED) is 0.300. The minimum absolute atomic E-state index is 0.00659. The number of aliphatic hydroxyl groups excluding tert-OH is 2. The first kappa shape index (κ1) is 26.0. The van der Waals surface area contributed by atoms with Gasteiger partial charge in [-0.2, -0.15) is 0 Å². The predicted molar refractivity (Wildman–Crippen MR) is 131 cm³/mol. The van der Waals surface area contributed by atoms with E-state index < -0.39 is 77.2 Å². The molecule has 0 amide bonds. The normalized spacial score (nSPS) is 26.2. The van der Waals surface area contributed by atoms with Crippen molar-refractivity contribution in [2.75, 3.05) is 13.7 Å². The molecular weight excluding hydrogens is 498 g/mol. The Balaban J connectivity index is 1.68. The molecule has 2 aromatic rings. The third kappa shape index (κ3) is 3.91. The summed E-state index contributed by atoms with van der Waals surface area (Å²) >= 11 is 0. The van der Waals surface area contributed by atoms with Crippen molar-refractivity contribution in [1.29, 1.82) is 0 Å².